The average Bonchev–Trinajstić information content (AvgIpc) is 3.11. The first-order valence-electron chi connectivity index (χ1n) is 14.9. The highest BCUT2D eigenvalue weighted by Gasteiger charge is 2.60. The van der Waals surface area contributed by atoms with Crippen LogP contribution in [0.5, 0.6) is 0 Å². The summed E-state index contributed by atoms with van der Waals surface area (Å²) in [5.74, 6) is 8.08. The van der Waals surface area contributed by atoms with Crippen LogP contribution in [0.2, 0.25) is 0 Å². The molecule has 188 valence electrons. The van der Waals surface area contributed by atoms with E-state index in [2.05, 4.69) is 48.5 Å². The summed E-state index contributed by atoms with van der Waals surface area (Å²) in [7, 11) is 0. The molecular formula is C31H59N. The van der Waals surface area contributed by atoms with Crippen LogP contribution in [0.4, 0.5) is 0 Å². The van der Waals surface area contributed by atoms with E-state index in [4.69, 9.17) is 5.73 Å². The van der Waals surface area contributed by atoms with Crippen molar-refractivity contribution in [1.82, 2.24) is 0 Å². The van der Waals surface area contributed by atoms with Crippen molar-refractivity contribution in [3.63, 3.8) is 0 Å². The van der Waals surface area contributed by atoms with Crippen LogP contribution in [0, 0.1) is 58.2 Å². The average molecular weight is 446 g/mol. The van der Waals surface area contributed by atoms with Crippen LogP contribution in [0.15, 0.2) is 0 Å². The highest BCUT2D eigenvalue weighted by Crippen LogP contribution is 2.68. The summed E-state index contributed by atoms with van der Waals surface area (Å²) < 4.78 is 0. The van der Waals surface area contributed by atoms with Gasteiger partial charge in [0.25, 0.3) is 0 Å². The van der Waals surface area contributed by atoms with E-state index in [0.717, 1.165) is 60.3 Å². The highest BCUT2D eigenvalue weighted by molar-refractivity contribution is 5.09. The van der Waals surface area contributed by atoms with Gasteiger partial charge >= 0.3 is 0 Å². The number of fused-ring (bicyclic) bond motifs is 5. The van der Waals surface area contributed by atoms with E-state index < -0.39 is 0 Å². The topological polar surface area (TPSA) is 26.0 Å². The molecule has 0 amide bonds. The van der Waals surface area contributed by atoms with Crippen LogP contribution in [0.3, 0.4) is 0 Å². The number of hydrogen-bond acceptors (Lipinski definition) is 1. The van der Waals surface area contributed by atoms with Gasteiger partial charge in [-0.25, -0.2) is 0 Å². The molecular weight excluding hydrogens is 386 g/mol. The molecule has 4 saturated carbocycles. The Hall–Kier alpha value is -0.0400. The molecule has 1 heteroatoms. The lowest BCUT2D eigenvalue weighted by Gasteiger charge is -2.61. The van der Waals surface area contributed by atoms with Crippen molar-refractivity contribution in [3.05, 3.63) is 0 Å². The van der Waals surface area contributed by atoms with E-state index in [0.29, 0.717) is 10.8 Å². The fraction of sp³-hybridized carbons (Fsp3) is 1.00. The molecule has 4 rings (SSSR count). The third-order valence-corrected chi connectivity index (χ3v) is 11.4. The van der Waals surface area contributed by atoms with Gasteiger partial charge in [-0.15, -0.1) is 0 Å². The molecule has 32 heavy (non-hydrogen) atoms. The summed E-state index contributed by atoms with van der Waals surface area (Å²) in [5, 5.41) is 0. The van der Waals surface area contributed by atoms with Gasteiger partial charge in [0.15, 0.2) is 0 Å². The van der Waals surface area contributed by atoms with Gasteiger partial charge in [0.1, 0.15) is 0 Å². The summed E-state index contributed by atoms with van der Waals surface area (Å²) in [6, 6.07) is 0. The molecule has 0 heterocycles. The second kappa shape index (κ2) is 11.1. The van der Waals surface area contributed by atoms with Crippen LogP contribution in [0.1, 0.15) is 132 Å². The minimum Gasteiger partial charge on any atom is -0.330 e. The molecule has 0 aromatic rings. The van der Waals surface area contributed by atoms with Crippen molar-refractivity contribution in [3.8, 4) is 0 Å². The van der Waals surface area contributed by atoms with Crippen molar-refractivity contribution >= 4 is 0 Å². The Morgan fingerprint density at radius 3 is 2.16 bits per heavy atom. The summed E-state index contributed by atoms with van der Waals surface area (Å²) >= 11 is 0. The lowest BCUT2D eigenvalue weighted by Crippen LogP contribution is -2.53. The lowest BCUT2D eigenvalue weighted by atomic mass is 9.44. The molecule has 2 N–H and O–H groups in total. The predicted molar refractivity (Wildman–Crippen MR) is 142 cm³/mol. The van der Waals surface area contributed by atoms with E-state index in [-0.39, 0.29) is 0 Å². The SMILES string of the molecule is CC(C)CCC[C@@H](C)C1CCC2C3CC[C@H]4CC(C)CCC4(C)C3CCC21C.CCCN. The quantitative estimate of drug-likeness (QED) is 0.433. The van der Waals surface area contributed by atoms with Crippen LogP contribution < -0.4 is 5.73 Å². The Balaban J connectivity index is 0.000000668. The molecule has 4 aliphatic rings. The predicted octanol–water partition coefficient (Wildman–Crippen LogP) is 9.10. The molecule has 0 radical (unpaired) electrons. The van der Waals surface area contributed by atoms with E-state index >= 15 is 0 Å². The van der Waals surface area contributed by atoms with Crippen molar-refractivity contribution < 1.29 is 0 Å². The normalized spacial score (nSPS) is 44.2. The van der Waals surface area contributed by atoms with Gasteiger partial charge in [-0.2, -0.15) is 0 Å². The minimum atomic E-state index is 0.670. The first kappa shape index (κ1) is 26.6. The number of nitrogens with two attached hydrogens (primary N) is 1. The fourth-order valence-corrected chi connectivity index (χ4v) is 9.50. The first-order valence-corrected chi connectivity index (χ1v) is 14.9. The number of rotatable bonds is 6. The minimum absolute atomic E-state index is 0.670. The van der Waals surface area contributed by atoms with Gasteiger partial charge < -0.3 is 5.73 Å². The van der Waals surface area contributed by atoms with Gasteiger partial charge in [-0.1, -0.05) is 74.1 Å². The summed E-state index contributed by atoms with van der Waals surface area (Å²) in [5.41, 5.74) is 6.39. The largest absolute Gasteiger partial charge is 0.330 e. The van der Waals surface area contributed by atoms with Crippen LogP contribution >= 0.6 is 0 Å². The molecule has 4 fully saturated rings. The standard InChI is InChI=1S/C28H50.C3H9N/c1-19(2)8-7-9-21(4)24-12-13-25-23-11-10-22-18-20(3)14-16-27(22,5)26(23)15-17-28(24,25)6;1-2-3-4/h19-26H,7-18H2,1-6H3;2-4H2,1H3/t20?,21-,22+,23?,24?,25?,26?,27?,28?;/m1./s1. The Kier molecular flexibility index (Phi) is 9.24. The van der Waals surface area contributed by atoms with Gasteiger partial charge in [-0.3, -0.25) is 0 Å². The maximum Gasteiger partial charge on any atom is -0.00799 e. The summed E-state index contributed by atoms with van der Waals surface area (Å²) in [6.07, 6.45) is 19.4. The zero-order valence-electron chi connectivity index (χ0n) is 23.1. The molecule has 0 aromatic carbocycles. The molecule has 0 aliphatic heterocycles. The second-order valence-corrected chi connectivity index (χ2v) is 13.9. The molecule has 7 unspecified atom stereocenters. The maximum atomic E-state index is 5.03. The van der Waals surface area contributed by atoms with Gasteiger partial charge in [-0.05, 0) is 123 Å². The third kappa shape index (κ3) is 5.28. The molecule has 0 spiro atoms. The molecule has 0 aromatic heterocycles. The van der Waals surface area contributed by atoms with Crippen LogP contribution in [0.25, 0.3) is 0 Å². The van der Waals surface area contributed by atoms with Crippen molar-refractivity contribution in [1.29, 1.82) is 0 Å². The Morgan fingerprint density at radius 2 is 1.50 bits per heavy atom. The van der Waals surface area contributed by atoms with Gasteiger partial charge in [0.05, 0.1) is 0 Å². The van der Waals surface area contributed by atoms with Crippen molar-refractivity contribution in [2.75, 3.05) is 6.54 Å². The zero-order chi connectivity index (χ0) is 23.5. The molecule has 1 nitrogen and oxygen atoms in total. The van der Waals surface area contributed by atoms with E-state index in [1.54, 1.807) is 44.9 Å². The molecule has 9 atom stereocenters. The Bertz CT molecular complexity index is 567. The second-order valence-electron chi connectivity index (χ2n) is 13.9. The van der Waals surface area contributed by atoms with Crippen molar-refractivity contribution in [2.45, 2.75) is 132 Å². The fourth-order valence-electron chi connectivity index (χ4n) is 9.50. The lowest BCUT2D eigenvalue weighted by molar-refractivity contribution is -0.120. The van der Waals surface area contributed by atoms with E-state index in [1.807, 2.05) is 0 Å². The zero-order valence-corrected chi connectivity index (χ0v) is 23.1. The summed E-state index contributed by atoms with van der Waals surface area (Å²) in [4.78, 5) is 0. The van der Waals surface area contributed by atoms with Gasteiger partial charge in [0.2, 0.25) is 0 Å². The smallest absolute Gasteiger partial charge is 0.00799 e. The van der Waals surface area contributed by atoms with E-state index in [9.17, 15) is 0 Å². The van der Waals surface area contributed by atoms with E-state index in [1.165, 1.54) is 32.1 Å². The van der Waals surface area contributed by atoms with Crippen molar-refractivity contribution in [2.24, 2.45) is 63.9 Å². The number of hydrogen-bond donors (Lipinski definition) is 1. The third-order valence-electron chi connectivity index (χ3n) is 11.4. The maximum absolute atomic E-state index is 5.03. The molecule has 0 bridgehead atoms. The molecule has 0 saturated heterocycles. The monoisotopic (exact) mass is 445 g/mol. The van der Waals surface area contributed by atoms with Crippen LogP contribution in [-0.4, -0.2) is 6.54 Å². The summed E-state index contributed by atoms with van der Waals surface area (Å²) in [6.45, 7) is 18.3. The van der Waals surface area contributed by atoms with Crippen LogP contribution in [-0.2, 0) is 0 Å². The molecule has 4 aliphatic carbocycles. The highest BCUT2D eigenvalue weighted by atomic mass is 14.6. The van der Waals surface area contributed by atoms with Gasteiger partial charge in [0, 0.05) is 0 Å². The Morgan fingerprint density at radius 1 is 0.844 bits per heavy atom. The Labute approximate surface area is 202 Å². The first-order chi connectivity index (χ1) is 15.2.